The summed E-state index contributed by atoms with van der Waals surface area (Å²) in [7, 11) is 1.67. The van der Waals surface area contributed by atoms with Crippen LogP contribution in [0.25, 0.3) is 0 Å². The molecule has 1 N–H and O–H groups in total. The number of anilines is 1. The van der Waals surface area contributed by atoms with Gasteiger partial charge in [-0.05, 0) is 37.6 Å². The van der Waals surface area contributed by atoms with Crippen molar-refractivity contribution in [2.24, 2.45) is 0 Å². The van der Waals surface area contributed by atoms with Crippen molar-refractivity contribution in [3.8, 4) is 5.75 Å². The predicted molar refractivity (Wildman–Crippen MR) is 71.8 cm³/mol. The van der Waals surface area contributed by atoms with Crippen LogP contribution in [0.4, 0.5) is 5.82 Å². The Morgan fingerprint density at radius 1 is 1.28 bits per heavy atom. The van der Waals surface area contributed by atoms with E-state index in [1.165, 1.54) is 0 Å². The third-order valence-corrected chi connectivity index (χ3v) is 2.73. The van der Waals surface area contributed by atoms with Gasteiger partial charge >= 0.3 is 0 Å². The van der Waals surface area contributed by atoms with Gasteiger partial charge in [-0.25, -0.2) is 9.97 Å². The van der Waals surface area contributed by atoms with E-state index in [4.69, 9.17) is 4.74 Å². The van der Waals surface area contributed by atoms with Crippen LogP contribution in [0.2, 0.25) is 0 Å². The Morgan fingerprint density at radius 2 is 2.11 bits per heavy atom. The van der Waals surface area contributed by atoms with E-state index < -0.39 is 0 Å². The van der Waals surface area contributed by atoms with Gasteiger partial charge in [0, 0.05) is 6.20 Å². The first-order valence-corrected chi connectivity index (χ1v) is 5.89. The summed E-state index contributed by atoms with van der Waals surface area (Å²) in [5, 5.41) is 3.34. The third kappa shape index (κ3) is 2.97. The number of ether oxygens (including phenoxy) is 1. The molecule has 2 rings (SSSR count). The zero-order valence-electron chi connectivity index (χ0n) is 10.8. The van der Waals surface area contributed by atoms with Crippen LogP contribution in [-0.4, -0.2) is 17.1 Å². The second-order valence-electron chi connectivity index (χ2n) is 4.13. The molecule has 0 fully saturated rings. The van der Waals surface area contributed by atoms with E-state index in [1.807, 2.05) is 31.2 Å². The lowest BCUT2D eigenvalue weighted by molar-refractivity contribution is 0.414. The van der Waals surface area contributed by atoms with Crippen molar-refractivity contribution in [1.29, 1.82) is 0 Å². The molecule has 0 saturated carbocycles. The fourth-order valence-electron chi connectivity index (χ4n) is 1.75. The molecule has 1 atom stereocenters. The lowest BCUT2D eigenvalue weighted by Crippen LogP contribution is -2.08. The average Bonchev–Trinajstić information content (AvgIpc) is 2.39. The number of hydrogen-bond acceptors (Lipinski definition) is 4. The SMILES string of the molecule is COc1cccc([C@H](C)Nc2ccnc(C)n2)c1. The van der Waals surface area contributed by atoms with Gasteiger partial charge in [-0.1, -0.05) is 12.1 Å². The van der Waals surface area contributed by atoms with Crippen molar-refractivity contribution in [2.75, 3.05) is 12.4 Å². The molecule has 1 aromatic heterocycles. The lowest BCUT2D eigenvalue weighted by atomic mass is 10.1. The number of aryl methyl sites for hydroxylation is 1. The first-order chi connectivity index (χ1) is 8.69. The highest BCUT2D eigenvalue weighted by molar-refractivity contribution is 5.39. The van der Waals surface area contributed by atoms with Gasteiger partial charge in [-0.2, -0.15) is 0 Å². The minimum Gasteiger partial charge on any atom is -0.497 e. The molecule has 1 aromatic carbocycles. The topological polar surface area (TPSA) is 47.0 Å². The van der Waals surface area contributed by atoms with Gasteiger partial charge in [-0.15, -0.1) is 0 Å². The number of methoxy groups -OCH3 is 1. The number of hydrogen-bond donors (Lipinski definition) is 1. The summed E-state index contributed by atoms with van der Waals surface area (Å²) in [6.07, 6.45) is 1.75. The molecule has 0 amide bonds. The van der Waals surface area contributed by atoms with Crippen LogP contribution < -0.4 is 10.1 Å². The molecule has 0 spiro atoms. The van der Waals surface area contributed by atoms with Crippen LogP contribution in [-0.2, 0) is 0 Å². The van der Waals surface area contributed by atoms with Crippen molar-refractivity contribution in [3.05, 3.63) is 47.9 Å². The van der Waals surface area contributed by atoms with Crippen LogP contribution in [0.5, 0.6) is 5.75 Å². The van der Waals surface area contributed by atoms with Crippen LogP contribution >= 0.6 is 0 Å². The van der Waals surface area contributed by atoms with E-state index in [2.05, 4.69) is 28.3 Å². The third-order valence-electron chi connectivity index (χ3n) is 2.73. The van der Waals surface area contributed by atoms with E-state index >= 15 is 0 Å². The van der Waals surface area contributed by atoms with E-state index in [9.17, 15) is 0 Å². The second-order valence-corrected chi connectivity index (χ2v) is 4.13. The van der Waals surface area contributed by atoms with E-state index in [0.717, 1.165) is 23.0 Å². The van der Waals surface area contributed by atoms with Crippen LogP contribution in [0, 0.1) is 6.92 Å². The minimum atomic E-state index is 0.161. The molecular weight excluding hydrogens is 226 g/mol. The van der Waals surface area contributed by atoms with E-state index in [0.29, 0.717) is 0 Å². The number of nitrogens with zero attached hydrogens (tertiary/aromatic N) is 2. The van der Waals surface area contributed by atoms with Gasteiger partial charge in [0.2, 0.25) is 0 Å². The van der Waals surface area contributed by atoms with Crippen LogP contribution in [0.3, 0.4) is 0 Å². The maximum absolute atomic E-state index is 5.22. The Balaban J connectivity index is 2.13. The molecule has 18 heavy (non-hydrogen) atoms. The maximum atomic E-state index is 5.22. The van der Waals surface area contributed by atoms with Gasteiger partial charge in [0.1, 0.15) is 17.4 Å². The maximum Gasteiger partial charge on any atom is 0.130 e. The van der Waals surface area contributed by atoms with Crippen LogP contribution in [0.1, 0.15) is 24.4 Å². The largest absolute Gasteiger partial charge is 0.497 e. The molecule has 94 valence electrons. The number of nitrogens with one attached hydrogen (secondary N) is 1. The van der Waals surface area contributed by atoms with Gasteiger partial charge in [0.15, 0.2) is 0 Å². The van der Waals surface area contributed by atoms with Gasteiger partial charge in [-0.3, -0.25) is 0 Å². The number of aromatic nitrogens is 2. The molecule has 0 bridgehead atoms. The Morgan fingerprint density at radius 3 is 2.83 bits per heavy atom. The zero-order valence-corrected chi connectivity index (χ0v) is 10.8. The fourth-order valence-corrected chi connectivity index (χ4v) is 1.75. The minimum absolute atomic E-state index is 0.161. The van der Waals surface area contributed by atoms with Crippen LogP contribution in [0.15, 0.2) is 36.5 Å². The fraction of sp³-hybridized carbons (Fsp3) is 0.286. The van der Waals surface area contributed by atoms with Crippen molar-refractivity contribution < 1.29 is 4.74 Å². The molecule has 0 aliphatic rings. The summed E-state index contributed by atoms with van der Waals surface area (Å²) in [5.41, 5.74) is 1.16. The predicted octanol–water partition coefficient (Wildman–Crippen LogP) is 2.97. The van der Waals surface area contributed by atoms with Gasteiger partial charge in [0.25, 0.3) is 0 Å². The van der Waals surface area contributed by atoms with Gasteiger partial charge < -0.3 is 10.1 Å². The normalized spacial score (nSPS) is 11.9. The van der Waals surface area contributed by atoms with E-state index in [1.54, 1.807) is 13.3 Å². The Hall–Kier alpha value is -2.10. The summed E-state index contributed by atoms with van der Waals surface area (Å²) in [5.74, 6) is 2.45. The number of benzene rings is 1. The van der Waals surface area contributed by atoms with Crippen molar-refractivity contribution >= 4 is 5.82 Å². The van der Waals surface area contributed by atoms with Gasteiger partial charge in [0.05, 0.1) is 13.2 Å². The molecule has 4 heteroatoms. The van der Waals surface area contributed by atoms with Crippen molar-refractivity contribution in [2.45, 2.75) is 19.9 Å². The Bertz CT molecular complexity index is 528. The molecule has 4 nitrogen and oxygen atoms in total. The summed E-state index contributed by atoms with van der Waals surface area (Å²) in [4.78, 5) is 8.40. The molecule has 0 saturated heterocycles. The van der Waals surface area contributed by atoms with Crippen molar-refractivity contribution in [3.63, 3.8) is 0 Å². The average molecular weight is 243 g/mol. The number of rotatable bonds is 4. The molecule has 1 heterocycles. The Labute approximate surface area is 107 Å². The second kappa shape index (κ2) is 5.49. The highest BCUT2D eigenvalue weighted by atomic mass is 16.5. The lowest BCUT2D eigenvalue weighted by Gasteiger charge is -2.15. The zero-order chi connectivity index (χ0) is 13.0. The summed E-state index contributed by atoms with van der Waals surface area (Å²) in [6.45, 7) is 3.97. The first kappa shape index (κ1) is 12.4. The standard InChI is InChI=1S/C14H17N3O/c1-10(12-5-4-6-13(9-12)18-3)16-14-7-8-15-11(2)17-14/h4-10H,1-3H3,(H,15,16,17)/t10-/m0/s1. The molecule has 2 aromatic rings. The highest BCUT2D eigenvalue weighted by Crippen LogP contribution is 2.21. The highest BCUT2D eigenvalue weighted by Gasteiger charge is 2.07. The van der Waals surface area contributed by atoms with E-state index in [-0.39, 0.29) is 6.04 Å². The van der Waals surface area contributed by atoms with Crippen molar-refractivity contribution in [1.82, 2.24) is 9.97 Å². The molecule has 0 unspecified atom stereocenters. The summed E-state index contributed by atoms with van der Waals surface area (Å²) < 4.78 is 5.22. The monoisotopic (exact) mass is 243 g/mol. The quantitative estimate of drug-likeness (QED) is 0.896. The summed E-state index contributed by atoms with van der Waals surface area (Å²) in [6, 6.07) is 10.0. The molecule has 0 aliphatic heterocycles. The molecule has 0 radical (unpaired) electrons. The molecule has 0 aliphatic carbocycles. The molecular formula is C14H17N3O. The Kier molecular flexibility index (Phi) is 3.77. The first-order valence-electron chi connectivity index (χ1n) is 5.89. The summed E-state index contributed by atoms with van der Waals surface area (Å²) >= 11 is 0. The smallest absolute Gasteiger partial charge is 0.130 e.